The van der Waals surface area contributed by atoms with Gasteiger partial charge in [-0.15, -0.1) is 0 Å². The van der Waals surface area contributed by atoms with E-state index in [1.165, 1.54) is 86.7 Å². The van der Waals surface area contributed by atoms with Crippen molar-refractivity contribution >= 4 is 86.7 Å². The van der Waals surface area contributed by atoms with Crippen LogP contribution in [0.5, 0.6) is 0 Å². The number of fused-ring (bicyclic) bond motifs is 14. The predicted octanol–water partition coefficient (Wildman–Crippen LogP) is 12.5. The Morgan fingerprint density at radius 1 is 0.271 bits per heavy atom. The Labute approximate surface area is 276 Å². The van der Waals surface area contributed by atoms with Crippen LogP contribution in [0, 0.1) is 0 Å². The first-order chi connectivity index (χ1) is 23.8. The third kappa shape index (κ3) is 3.41. The van der Waals surface area contributed by atoms with Crippen LogP contribution in [-0.2, 0) is 0 Å². The molecule has 0 fully saturated rings. The topological polar surface area (TPSA) is 9.86 Å². The van der Waals surface area contributed by atoms with Crippen molar-refractivity contribution in [2.75, 3.05) is 0 Å². The van der Waals surface area contributed by atoms with Crippen LogP contribution in [0.1, 0.15) is 0 Å². The molecule has 0 spiro atoms. The molecule has 0 bridgehead atoms. The number of aromatic nitrogens is 2. The molecule has 9 aromatic carbocycles. The van der Waals surface area contributed by atoms with Gasteiger partial charge in [-0.25, -0.2) is 0 Å². The second-order valence-electron chi connectivity index (χ2n) is 12.9. The summed E-state index contributed by atoms with van der Waals surface area (Å²) >= 11 is 0. The number of rotatable bonds is 2. The maximum absolute atomic E-state index is 2.48. The molecule has 2 heterocycles. The van der Waals surface area contributed by atoms with E-state index in [2.05, 4.69) is 179 Å². The minimum absolute atomic E-state index is 1.15. The second kappa shape index (κ2) is 9.57. The summed E-state index contributed by atoms with van der Waals surface area (Å²) in [5.74, 6) is 0. The first kappa shape index (κ1) is 25.8. The third-order valence-electron chi connectivity index (χ3n) is 10.4. The van der Waals surface area contributed by atoms with E-state index >= 15 is 0 Å². The number of nitrogens with zero attached hydrogens (tertiary/aromatic N) is 2. The fourth-order valence-electron chi connectivity index (χ4n) is 8.40. The molecule has 11 rings (SSSR count). The first-order valence-corrected chi connectivity index (χ1v) is 16.6. The summed E-state index contributed by atoms with van der Waals surface area (Å²) < 4.78 is 4.89. The van der Waals surface area contributed by atoms with E-state index in [4.69, 9.17) is 0 Å². The zero-order chi connectivity index (χ0) is 31.3. The van der Waals surface area contributed by atoms with E-state index in [-0.39, 0.29) is 0 Å². The van der Waals surface area contributed by atoms with Crippen molar-refractivity contribution in [3.05, 3.63) is 170 Å². The van der Waals surface area contributed by atoms with Gasteiger partial charge in [-0.3, -0.25) is 0 Å². The summed E-state index contributed by atoms with van der Waals surface area (Å²) in [6.07, 6.45) is 0. The largest absolute Gasteiger partial charge is 0.309 e. The van der Waals surface area contributed by atoms with Crippen molar-refractivity contribution in [3.63, 3.8) is 0 Å². The van der Waals surface area contributed by atoms with Gasteiger partial charge in [0.05, 0.1) is 22.1 Å². The van der Waals surface area contributed by atoms with Crippen LogP contribution in [0.2, 0.25) is 0 Å². The summed E-state index contributed by atoms with van der Waals surface area (Å²) in [6, 6.07) is 62.5. The van der Waals surface area contributed by atoms with Crippen LogP contribution in [0.25, 0.3) is 98.1 Å². The monoisotopic (exact) mass is 608 g/mol. The lowest BCUT2D eigenvalue weighted by Crippen LogP contribution is -1.98. The van der Waals surface area contributed by atoms with Crippen LogP contribution in [0.4, 0.5) is 0 Å². The number of benzene rings is 9. The number of hydrogen-bond donors (Lipinski definition) is 0. The SMILES string of the molecule is c1ccc2cc3c(cc2c1)c1ccccc1n3-c1ccc(-n2c3ccccc3c3c4ccc5ccccc5c4c4ccccc4c32)cc1. The van der Waals surface area contributed by atoms with E-state index in [1.54, 1.807) is 0 Å². The Kier molecular flexibility index (Phi) is 5.14. The summed E-state index contributed by atoms with van der Waals surface area (Å²) in [7, 11) is 0. The Morgan fingerprint density at radius 3 is 1.56 bits per heavy atom. The average Bonchev–Trinajstić information content (AvgIpc) is 3.67. The highest BCUT2D eigenvalue weighted by molar-refractivity contribution is 6.36. The highest BCUT2D eigenvalue weighted by atomic mass is 15.0. The molecule has 0 saturated carbocycles. The first-order valence-electron chi connectivity index (χ1n) is 16.6. The van der Waals surface area contributed by atoms with Crippen molar-refractivity contribution < 1.29 is 0 Å². The van der Waals surface area contributed by atoms with Crippen molar-refractivity contribution in [3.8, 4) is 11.4 Å². The Morgan fingerprint density at radius 2 is 0.812 bits per heavy atom. The van der Waals surface area contributed by atoms with E-state index in [0.717, 1.165) is 11.4 Å². The zero-order valence-electron chi connectivity index (χ0n) is 26.1. The molecular formula is C46H28N2. The lowest BCUT2D eigenvalue weighted by Gasteiger charge is -2.14. The Hall–Kier alpha value is -6.38. The van der Waals surface area contributed by atoms with Crippen molar-refractivity contribution in [1.82, 2.24) is 9.13 Å². The Balaban J connectivity index is 1.21. The average molecular weight is 609 g/mol. The molecule has 2 nitrogen and oxygen atoms in total. The van der Waals surface area contributed by atoms with Gasteiger partial charge in [-0.1, -0.05) is 121 Å². The van der Waals surface area contributed by atoms with E-state index in [0.29, 0.717) is 0 Å². The molecule has 11 aromatic rings. The van der Waals surface area contributed by atoms with E-state index < -0.39 is 0 Å². The smallest absolute Gasteiger partial charge is 0.0625 e. The van der Waals surface area contributed by atoms with Gasteiger partial charge in [0.25, 0.3) is 0 Å². The summed E-state index contributed by atoms with van der Waals surface area (Å²) in [5, 5.41) is 15.4. The summed E-state index contributed by atoms with van der Waals surface area (Å²) in [5.41, 5.74) is 7.23. The predicted molar refractivity (Wildman–Crippen MR) is 205 cm³/mol. The molecule has 0 N–H and O–H groups in total. The normalized spacial score (nSPS) is 12.2. The Bertz CT molecular complexity index is 3100. The molecule has 222 valence electrons. The number of hydrogen-bond acceptors (Lipinski definition) is 0. The van der Waals surface area contributed by atoms with Gasteiger partial charge in [-0.2, -0.15) is 0 Å². The van der Waals surface area contributed by atoms with Gasteiger partial charge in [0.2, 0.25) is 0 Å². The molecule has 0 unspecified atom stereocenters. The lowest BCUT2D eigenvalue weighted by atomic mass is 9.93. The molecule has 0 amide bonds. The molecule has 48 heavy (non-hydrogen) atoms. The zero-order valence-corrected chi connectivity index (χ0v) is 26.1. The molecule has 2 heteroatoms. The second-order valence-corrected chi connectivity index (χ2v) is 12.9. The van der Waals surface area contributed by atoms with Crippen LogP contribution >= 0.6 is 0 Å². The van der Waals surface area contributed by atoms with Crippen LogP contribution in [0.15, 0.2) is 170 Å². The molecule has 0 atom stereocenters. The fourth-order valence-corrected chi connectivity index (χ4v) is 8.40. The van der Waals surface area contributed by atoms with Gasteiger partial charge >= 0.3 is 0 Å². The minimum Gasteiger partial charge on any atom is -0.309 e. The van der Waals surface area contributed by atoms with Crippen LogP contribution < -0.4 is 0 Å². The molecule has 0 aliphatic rings. The number of para-hydroxylation sites is 2. The van der Waals surface area contributed by atoms with E-state index in [9.17, 15) is 0 Å². The molecule has 0 aliphatic heterocycles. The van der Waals surface area contributed by atoms with E-state index in [1.807, 2.05) is 0 Å². The summed E-state index contributed by atoms with van der Waals surface area (Å²) in [4.78, 5) is 0. The maximum atomic E-state index is 2.48. The van der Waals surface area contributed by atoms with Gasteiger partial charge < -0.3 is 9.13 Å². The van der Waals surface area contributed by atoms with Gasteiger partial charge in [-0.05, 0) is 86.2 Å². The van der Waals surface area contributed by atoms with Crippen molar-refractivity contribution in [1.29, 1.82) is 0 Å². The third-order valence-corrected chi connectivity index (χ3v) is 10.4. The highest BCUT2D eigenvalue weighted by Gasteiger charge is 2.20. The van der Waals surface area contributed by atoms with Crippen LogP contribution in [0.3, 0.4) is 0 Å². The van der Waals surface area contributed by atoms with Gasteiger partial charge in [0.15, 0.2) is 0 Å². The quantitative estimate of drug-likeness (QED) is 0.173. The molecule has 0 aliphatic carbocycles. The van der Waals surface area contributed by atoms with Gasteiger partial charge in [0.1, 0.15) is 0 Å². The fraction of sp³-hybridized carbons (Fsp3) is 0. The lowest BCUT2D eigenvalue weighted by molar-refractivity contribution is 1.15. The van der Waals surface area contributed by atoms with Crippen LogP contribution in [-0.4, -0.2) is 9.13 Å². The van der Waals surface area contributed by atoms with Crippen molar-refractivity contribution in [2.45, 2.75) is 0 Å². The summed E-state index contributed by atoms with van der Waals surface area (Å²) in [6.45, 7) is 0. The standard InChI is InChI=1S/C46H28N2/c1-2-13-31-28-43-40(27-30(31)12-1)35-15-7-9-19-41(35)47(43)32-22-24-33(25-23-32)48-42-20-10-8-18-38(42)45-39-26-21-29-11-3-4-14-34(29)44(39)36-16-5-6-17-37(36)46(45)48/h1-28H. The molecule has 0 radical (unpaired) electrons. The minimum atomic E-state index is 1.15. The van der Waals surface area contributed by atoms with Gasteiger partial charge in [0, 0.05) is 38.3 Å². The molecular weight excluding hydrogens is 581 g/mol. The highest BCUT2D eigenvalue weighted by Crippen LogP contribution is 2.44. The van der Waals surface area contributed by atoms with Crippen molar-refractivity contribution in [2.24, 2.45) is 0 Å². The molecule has 2 aromatic heterocycles. The molecule has 0 saturated heterocycles. The maximum Gasteiger partial charge on any atom is 0.0625 e.